The van der Waals surface area contributed by atoms with Crippen LogP contribution in [0.25, 0.3) is 6.08 Å². The summed E-state index contributed by atoms with van der Waals surface area (Å²) in [6.07, 6.45) is 28.9. The van der Waals surface area contributed by atoms with Gasteiger partial charge in [0.25, 0.3) is 0 Å². The molecule has 0 bridgehead atoms. The highest BCUT2D eigenvalue weighted by Gasteiger charge is 2.07. The van der Waals surface area contributed by atoms with Crippen LogP contribution < -0.4 is 0 Å². The molecular formula is C30H51N. The predicted octanol–water partition coefficient (Wildman–Crippen LogP) is 9.98. The Bertz CT molecular complexity index is 554. The van der Waals surface area contributed by atoms with Gasteiger partial charge < -0.3 is 0 Å². The molecular weight excluding hydrogens is 374 g/mol. The van der Waals surface area contributed by atoms with Gasteiger partial charge in [-0.3, -0.25) is 4.99 Å². The average Bonchev–Trinajstić information content (AvgIpc) is 2.79. The zero-order chi connectivity index (χ0) is 22.4. The van der Waals surface area contributed by atoms with Gasteiger partial charge in [-0.15, -0.1) is 0 Å². The maximum Gasteiger partial charge on any atom is 0.0536 e. The summed E-state index contributed by atoms with van der Waals surface area (Å²) >= 11 is 0. The van der Waals surface area contributed by atoms with E-state index in [1.165, 1.54) is 107 Å². The Morgan fingerprint density at radius 2 is 1.29 bits per heavy atom. The van der Waals surface area contributed by atoms with Crippen molar-refractivity contribution in [3.05, 3.63) is 41.5 Å². The first-order valence-corrected chi connectivity index (χ1v) is 13.6. The lowest BCUT2D eigenvalue weighted by Gasteiger charge is -2.13. The molecule has 0 spiro atoms. The van der Waals surface area contributed by atoms with Gasteiger partial charge >= 0.3 is 0 Å². The Hall–Kier alpha value is -1.37. The minimum absolute atomic E-state index is 0.452. The van der Waals surface area contributed by atoms with E-state index in [1.54, 1.807) is 0 Å². The molecule has 0 aliphatic heterocycles. The topological polar surface area (TPSA) is 12.4 Å². The molecule has 1 heteroatoms. The van der Waals surface area contributed by atoms with Crippen molar-refractivity contribution in [1.82, 2.24) is 0 Å². The molecule has 0 radical (unpaired) electrons. The molecule has 0 amide bonds. The van der Waals surface area contributed by atoms with Crippen LogP contribution in [0, 0.1) is 0 Å². The molecule has 0 aliphatic carbocycles. The molecule has 176 valence electrons. The number of hydrogen-bond donors (Lipinski definition) is 0. The molecule has 1 nitrogen and oxygen atoms in total. The Kier molecular flexibility index (Phi) is 18.3. The predicted molar refractivity (Wildman–Crippen MR) is 142 cm³/mol. The summed E-state index contributed by atoms with van der Waals surface area (Å²) in [6, 6.07) is 9.62. The minimum atomic E-state index is 0.452. The van der Waals surface area contributed by atoms with Gasteiger partial charge in [-0.2, -0.15) is 0 Å². The summed E-state index contributed by atoms with van der Waals surface area (Å²) in [7, 11) is 0. The SMILES string of the molecule is CCCC/C=C/c1ccc(CC(CCCCCCC)N=CCCCCCCCC)cc1. The van der Waals surface area contributed by atoms with Crippen molar-refractivity contribution >= 4 is 12.3 Å². The van der Waals surface area contributed by atoms with E-state index in [4.69, 9.17) is 4.99 Å². The standard InChI is InChI=1S/C30H51N/c1-4-7-10-13-14-16-19-26-31-30(21-18-15-11-8-5-2)27-29-24-22-28(23-25-29)20-17-12-9-6-3/h17,20,22-26,30H,4-16,18-19,21,27H2,1-3H3/b20-17+,31-26?. The third-order valence-corrected chi connectivity index (χ3v) is 6.13. The molecule has 0 saturated carbocycles. The fourth-order valence-electron chi connectivity index (χ4n) is 4.03. The summed E-state index contributed by atoms with van der Waals surface area (Å²) in [5.74, 6) is 0. The van der Waals surface area contributed by atoms with Crippen molar-refractivity contribution in [2.75, 3.05) is 0 Å². The van der Waals surface area contributed by atoms with Crippen molar-refractivity contribution in [3.63, 3.8) is 0 Å². The second-order valence-electron chi connectivity index (χ2n) is 9.24. The summed E-state index contributed by atoms with van der Waals surface area (Å²) in [4.78, 5) is 5.02. The summed E-state index contributed by atoms with van der Waals surface area (Å²) in [5.41, 5.74) is 2.75. The lowest BCUT2D eigenvalue weighted by Crippen LogP contribution is -2.09. The highest BCUT2D eigenvalue weighted by molar-refractivity contribution is 5.57. The second-order valence-corrected chi connectivity index (χ2v) is 9.24. The molecule has 0 heterocycles. The normalized spacial score (nSPS) is 12.9. The Morgan fingerprint density at radius 3 is 1.97 bits per heavy atom. The number of aliphatic imine (C=N–C) groups is 1. The van der Waals surface area contributed by atoms with Gasteiger partial charge in [0, 0.05) is 0 Å². The van der Waals surface area contributed by atoms with Crippen LogP contribution in [0.15, 0.2) is 35.3 Å². The van der Waals surface area contributed by atoms with Gasteiger partial charge in [-0.1, -0.05) is 134 Å². The van der Waals surface area contributed by atoms with E-state index in [0.29, 0.717) is 6.04 Å². The zero-order valence-corrected chi connectivity index (χ0v) is 21.1. The van der Waals surface area contributed by atoms with Gasteiger partial charge in [0.2, 0.25) is 0 Å². The van der Waals surface area contributed by atoms with Crippen LogP contribution in [0.5, 0.6) is 0 Å². The van der Waals surface area contributed by atoms with Crippen LogP contribution in [0.4, 0.5) is 0 Å². The van der Waals surface area contributed by atoms with Gasteiger partial charge in [0.15, 0.2) is 0 Å². The quantitative estimate of drug-likeness (QED) is 0.145. The van der Waals surface area contributed by atoms with Crippen LogP contribution >= 0.6 is 0 Å². The highest BCUT2D eigenvalue weighted by Crippen LogP contribution is 2.16. The number of rotatable bonds is 20. The molecule has 0 aromatic heterocycles. The number of allylic oxidation sites excluding steroid dienone is 1. The van der Waals surface area contributed by atoms with Crippen molar-refractivity contribution < 1.29 is 0 Å². The van der Waals surface area contributed by atoms with E-state index >= 15 is 0 Å². The summed E-state index contributed by atoms with van der Waals surface area (Å²) < 4.78 is 0. The maximum absolute atomic E-state index is 5.02. The fraction of sp³-hybridized carbons (Fsp3) is 0.700. The Morgan fingerprint density at radius 1 is 0.677 bits per heavy atom. The third-order valence-electron chi connectivity index (χ3n) is 6.13. The van der Waals surface area contributed by atoms with E-state index in [1.807, 2.05) is 0 Å². The lowest BCUT2D eigenvalue weighted by molar-refractivity contribution is 0.539. The molecule has 0 aliphatic rings. The zero-order valence-electron chi connectivity index (χ0n) is 21.1. The van der Waals surface area contributed by atoms with Crippen molar-refractivity contribution in [1.29, 1.82) is 0 Å². The van der Waals surface area contributed by atoms with E-state index in [2.05, 4.69) is 63.4 Å². The van der Waals surface area contributed by atoms with Crippen LogP contribution in [-0.2, 0) is 6.42 Å². The first kappa shape index (κ1) is 27.7. The molecule has 1 atom stereocenters. The molecule has 1 aromatic rings. The molecule has 1 aromatic carbocycles. The van der Waals surface area contributed by atoms with Crippen LogP contribution in [0.3, 0.4) is 0 Å². The Balaban J connectivity index is 2.48. The number of nitrogens with zero attached hydrogens (tertiary/aromatic N) is 1. The van der Waals surface area contributed by atoms with E-state index in [-0.39, 0.29) is 0 Å². The molecule has 0 N–H and O–H groups in total. The minimum Gasteiger partial charge on any atom is -0.294 e. The molecule has 1 unspecified atom stereocenters. The smallest absolute Gasteiger partial charge is 0.0536 e. The Labute approximate surface area is 194 Å². The van der Waals surface area contributed by atoms with Crippen LogP contribution in [0.1, 0.15) is 135 Å². The summed E-state index contributed by atoms with van der Waals surface area (Å²) in [5, 5.41) is 0. The molecule has 1 rings (SSSR count). The van der Waals surface area contributed by atoms with E-state index in [0.717, 1.165) is 12.8 Å². The largest absolute Gasteiger partial charge is 0.294 e. The first-order chi connectivity index (χ1) is 15.3. The van der Waals surface area contributed by atoms with Crippen molar-refractivity contribution in [2.45, 2.75) is 136 Å². The van der Waals surface area contributed by atoms with E-state index in [9.17, 15) is 0 Å². The summed E-state index contributed by atoms with van der Waals surface area (Å²) in [6.45, 7) is 6.82. The molecule has 0 fully saturated rings. The number of benzene rings is 1. The second kappa shape index (κ2) is 20.5. The number of unbranched alkanes of at least 4 members (excludes halogenated alkanes) is 12. The van der Waals surface area contributed by atoms with E-state index < -0.39 is 0 Å². The van der Waals surface area contributed by atoms with Gasteiger partial charge in [0.1, 0.15) is 0 Å². The third kappa shape index (κ3) is 16.0. The lowest BCUT2D eigenvalue weighted by atomic mass is 9.99. The molecule has 0 saturated heterocycles. The maximum atomic E-state index is 5.02. The van der Waals surface area contributed by atoms with Crippen molar-refractivity contribution in [2.24, 2.45) is 4.99 Å². The molecule has 31 heavy (non-hydrogen) atoms. The number of hydrogen-bond acceptors (Lipinski definition) is 1. The van der Waals surface area contributed by atoms with Crippen LogP contribution in [0.2, 0.25) is 0 Å². The monoisotopic (exact) mass is 425 g/mol. The first-order valence-electron chi connectivity index (χ1n) is 13.6. The van der Waals surface area contributed by atoms with Gasteiger partial charge in [-0.25, -0.2) is 0 Å². The average molecular weight is 426 g/mol. The van der Waals surface area contributed by atoms with Gasteiger partial charge in [0.05, 0.1) is 6.04 Å². The fourth-order valence-corrected chi connectivity index (χ4v) is 4.03. The van der Waals surface area contributed by atoms with Crippen LogP contribution in [-0.4, -0.2) is 12.3 Å². The highest BCUT2D eigenvalue weighted by atomic mass is 14.8. The van der Waals surface area contributed by atoms with Gasteiger partial charge in [-0.05, 0) is 49.4 Å². The van der Waals surface area contributed by atoms with Crippen molar-refractivity contribution in [3.8, 4) is 0 Å².